The number of carbonyl (C=O) groups is 1. The quantitative estimate of drug-likeness (QED) is 0.584. The minimum atomic E-state index is -0.439. The fourth-order valence-corrected chi connectivity index (χ4v) is 3.47. The summed E-state index contributed by atoms with van der Waals surface area (Å²) >= 11 is 1.43. The minimum Gasteiger partial charge on any atom is -0.512 e. The van der Waals surface area contributed by atoms with Crippen molar-refractivity contribution in [2.45, 2.75) is 44.2 Å². The second kappa shape index (κ2) is 7.83. The van der Waals surface area contributed by atoms with Crippen LogP contribution in [-0.2, 0) is 9.53 Å². The van der Waals surface area contributed by atoms with Crippen molar-refractivity contribution in [2.24, 2.45) is 0 Å². The summed E-state index contributed by atoms with van der Waals surface area (Å²) < 4.78 is 8.54. The number of aliphatic hydroxyl groups is 1. The van der Waals surface area contributed by atoms with E-state index in [2.05, 4.69) is 9.71 Å². The molecule has 1 aromatic heterocycles. The molecule has 0 saturated heterocycles. The molecule has 0 bridgehead atoms. The van der Waals surface area contributed by atoms with Gasteiger partial charge in [0.15, 0.2) is 0 Å². The lowest BCUT2D eigenvalue weighted by molar-refractivity contribution is -0.146. The van der Waals surface area contributed by atoms with Gasteiger partial charge in [0.25, 0.3) is 0 Å². The minimum absolute atomic E-state index is 0.123. The third-order valence-corrected chi connectivity index (χ3v) is 5.09. The number of rotatable bonds is 5. The Kier molecular flexibility index (Phi) is 5.52. The molecule has 2 unspecified atom stereocenters. The van der Waals surface area contributed by atoms with Crippen LogP contribution in [0.2, 0.25) is 0 Å². The van der Waals surface area contributed by atoms with Crippen molar-refractivity contribution in [1.29, 1.82) is 0 Å². The Balaban J connectivity index is 1.75. The molecule has 2 aromatic rings. The molecule has 2 atom stereocenters. The van der Waals surface area contributed by atoms with Crippen molar-refractivity contribution < 1.29 is 14.6 Å². The molecule has 26 heavy (non-hydrogen) atoms. The van der Waals surface area contributed by atoms with Gasteiger partial charge in [0.05, 0.1) is 5.57 Å². The Bertz CT molecular complexity index is 833. The normalized spacial score (nSPS) is 18.4. The number of aliphatic hydroxyl groups excluding tert-OH is 1. The summed E-state index contributed by atoms with van der Waals surface area (Å²) in [4.78, 5) is 16.5. The van der Waals surface area contributed by atoms with Gasteiger partial charge in [-0.1, -0.05) is 25.1 Å². The molecule has 6 heteroatoms. The molecule has 1 aliphatic rings. The largest absolute Gasteiger partial charge is 0.512 e. The third-order valence-electron chi connectivity index (χ3n) is 4.30. The summed E-state index contributed by atoms with van der Waals surface area (Å²) in [6.07, 6.45) is 1.90. The van der Waals surface area contributed by atoms with E-state index in [9.17, 15) is 9.90 Å². The maximum atomic E-state index is 12.2. The van der Waals surface area contributed by atoms with E-state index in [4.69, 9.17) is 4.74 Å². The van der Waals surface area contributed by atoms with E-state index in [0.717, 1.165) is 21.8 Å². The second-order valence-electron chi connectivity index (χ2n) is 6.51. The van der Waals surface area contributed by atoms with E-state index >= 15 is 0 Å². The molecule has 3 rings (SSSR count). The van der Waals surface area contributed by atoms with Gasteiger partial charge in [-0.15, -0.1) is 0 Å². The number of aromatic nitrogens is 1. The summed E-state index contributed by atoms with van der Waals surface area (Å²) in [5.41, 5.74) is 3.29. The monoisotopic (exact) mass is 370 g/mol. The standard InChI is InChI=1S/C20H22N2O3S/c1-12-7-8-18(21-11-12)26-22-16-6-4-5-15(10-16)14(3)19-17(23)9-13(2)25-20(19)24/h4-8,10-11,13-14,22-23H,9H2,1-3H3. The van der Waals surface area contributed by atoms with E-state index in [1.165, 1.54) is 11.9 Å². The lowest BCUT2D eigenvalue weighted by atomic mass is 9.89. The number of cyclic esters (lactones) is 1. The fourth-order valence-electron chi connectivity index (χ4n) is 2.88. The molecule has 0 radical (unpaired) electrons. The van der Waals surface area contributed by atoms with Crippen LogP contribution in [0.4, 0.5) is 5.69 Å². The van der Waals surface area contributed by atoms with Crippen molar-refractivity contribution in [3.05, 3.63) is 65.1 Å². The number of carbonyl (C=O) groups excluding carboxylic acids is 1. The summed E-state index contributed by atoms with van der Waals surface area (Å²) in [6.45, 7) is 5.67. The number of nitrogens with zero attached hydrogens (tertiary/aromatic N) is 1. The number of aryl methyl sites for hydroxylation is 1. The number of benzene rings is 1. The highest BCUT2D eigenvalue weighted by Crippen LogP contribution is 2.33. The van der Waals surface area contributed by atoms with Gasteiger partial charge in [0.2, 0.25) is 0 Å². The first-order valence-corrected chi connectivity index (χ1v) is 9.34. The third kappa shape index (κ3) is 4.19. The van der Waals surface area contributed by atoms with Gasteiger partial charge in [-0.2, -0.15) is 0 Å². The van der Waals surface area contributed by atoms with Crippen LogP contribution in [0.1, 0.15) is 37.3 Å². The molecular formula is C20H22N2O3S. The van der Waals surface area contributed by atoms with Crippen LogP contribution in [0.15, 0.2) is 59.0 Å². The summed E-state index contributed by atoms with van der Waals surface area (Å²) in [5.74, 6) is -0.567. The number of pyridine rings is 1. The topological polar surface area (TPSA) is 71.4 Å². The maximum Gasteiger partial charge on any atom is 0.338 e. The zero-order valence-corrected chi connectivity index (χ0v) is 15.8. The van der Waals surface area contributed by atoms with Gasteiger partial charge < -0.3 is 14.6 Å². The van der Waals surface area contributed by atoms with Crippen molar-refractivity contribution in [1.82, 2.24) is 4.98 Å². The summed E-state index contributed by atoms with van der Waals surface area (Å²) in [5, 5.41) is 11.1. The number of ether oxygens (including phenoxy) is 1. The Morgan fingerprint density at radius 1 is 1.35 bits per heavy atom. The van der Waals surface area contributed by atoms with Gasteiger partial charge >= 0.3 is 5.97 Å². The van der Waals surface area contributed by atoms with Gasteiger partial charge in [0.1, 0.15) is 16.9 Å². The second-order valence-corrected chi connectivity index (χ2v) is 7.33. The average molecular weight is 370 g/mol. The summed E-state index contributed by atoms with van der Waals surface area (Å²) in [6, 6.07) is 11.8. The lowest BCUT2D eigenvalue weighted by Gasteiger charge is -2.25. The average Bonchev–Trinajstić information content (AvgIpc) is 2.60. The molecule has 5 nitrogen and oxygen atoms in total. The van der Waals surface area contributed by atoms with Gasteiger partial charge in [0, 0.05) is 36.2 Å². The maximum absolute atomic E-state index is 12.2. The predicted octanol–water partition coefficient (Wildman–Crippen LogP) is 4.76. The number of esters is 1. The van der Waals surface area contributed by atoms with Gasteiger partial charge in [-0.3, -0.25) is 0 Å². The number of hydrogen-bond donors (Lipinski definition) is 2. The number of nitrogens with one attached hydrogen (secondary N) is 1. The van der Waals surface area contributed by atoms with Crippen LogP contribution in [0.25, 0.3) is 0 Å². The SMILES string of the molecule is Cc1ccc(SNc2cccc(C(C)C3=C(O)CC(C)OC3=O)c2)nc1. The highest BCUT2D eigenvalue weighted by Gasteiger charge is 2.31. The van der Waals surface area contributed by atoms with Crippen LogP contribution in [-0.4, -0.2) is 22.2 Å². The molecule has 0 saturated carbocycles. The molecular weight excluding hydrogens is 348 g/mol. The predicted molar refractivity (Wildman–Crippen MR) is 103 cm³/mol. The Morgan fingerprint density at radius 3 is 2.85 bits per heavy atom. The van der Waals surface area contributed by atoms with Crippen LogP contribution in [0.3, 0.4) is 0 Å². The zero-order valence-electron chi connectivity index (χ0n) is 15.0. The van der Waals surface area contributed by atoms with E-state index in [0.29, 0.717) is 12.0 Å². The first kappa shape index (κ1) is 18.3. The highest BCUT2D eigenvalue weighted by atomic mass is 32.2. The highest BCUT2D eigenvalue weighted by molar-refractivity contribution is 8.00. The van der Waals surface area contributed by atoms with Gasteiger partial charge in [-0.25, -0.2) is 9.78 Å². The van der Waals surface area contributed by atoms with E-state index < -0.39 is 5.97 Å². The van der Waals surface area contributed by atoms with Crippen LogP contribution >= 0.6 is 11.9 Å². The first-order chi connectivity index (χ1) is 12.4. The summed E-state index contributed by atoms with van der Waals surface area (Å²) in [7, 11) is 0. The lowest BCUT2D eigenvalue weighted by Crippen LogP contribution is -2.26. The van der Waals surface area contributed by atoms with Crippen LogP contribution in [0.5, 0.6) is 0 Å². The smallest absolute Gasteiger partial charge is 0.338 e. The molecule has 136 valence electrons. The zero-order chi connectivity index (χ0) is 18.7. The molecule has 1 aromatic carbocycles. The molecule has 2 N–H and O–H groups in total. The molecule has 0 amide bonds. The van der Waals surface area contributed by atoms with Crippen LogP contribution < -0.4 is 4.72 Å². The Morgan fingerprint density at radius 2 is 2.15 bits per heavy atom. The molecule has 1 aliphatic heterocycles. The van der Waals surface area contributed by atoms with Crippen molar-refractivity contribution >= 4 is 23.6 Å². The van der Waals surface area contributed by atoms with E-state index in [-0.39, 0.29) is 17.8 Å². The molecule has 0 fully saturated rings. The van der Waals surface area contributed by atoms with E-state index in [1.54, 1.807) is 6.92 Å². The van der Waals surface area contributed by atoms with E-state index in [1.807, 2.05) is 56.4 Å². The van der Waals surface area contributed by atoms with Crippen molar-refractivity contribution in [2.75, 3.05) is 4.72 Å². The van der Waals surface area contributed by atoms with Crippen LogP contribution in [0, 0.1) is 6.92 Å². The number of hydrogen-bond acceptors (Lipinski definition) is 6. The van der Waals surface area contributed by atoms with Gasteiger partial charge in [-0.05, 0) is 43.2 Å². The van der Waals surface area contributed by atoms with Crippen molar-refractivity contribution in [3.63, 3.8) is 0 Å². The Labute approximate surface area is 157 Å². The first-order valence-electron chi connectivity index (χ1n) is 8.52. The number of anilines is 1. The molecule has 0 aliphatic carbocycles. The fraction of sp³-hybridized carbons (Fsp3) is 0.300. The molecule has 0 spiro atoms. The Hall–Kier alpha value is -2.47. The molecule has 2 heterocycles. The van der Waals surface area contributed by atoms with Crippen molar-refractivity contribution in [3.8, 4) is 0 Å².